The van der Waals surface area contributed by atoms with E-state index in [1.54, 1.807) is 0 Å². The van der Waals surface area contributed by atoms with Crippen LogP contribution in [0.15, 0.2) is 0 Å². The molecule has 88 valence electrons. The van der Waals surface area contributed by atoms with E-state index in [0.29, 0.717) is 0 Å². The highest BCUT2D eigenvalue weighted by molar-refractivity contribution is 7.86. The Labute approximate surface area is 96.8 Å². The first kappa shape index (κ1) is 17.3. The van der Waals surface area contributed by atoms with Crippen molar-refractivity contribution in [3.05, 3.63) is 0 Å². The molecule has 2 N–H and O–H groups in total. The Balaban J connectivity index is 0. The molecule has 0 amide bonds. The molecule has 0 aliphatic heterocycles. The summed E-state index contributed by atoms with van der Waals surface area (Å²) in [6, 6.07) is 0. The highest BCUT2D eigenvalue weighted by Gasteiger charge is 2.22. The second-order valence-electron chi connectivity index (χ2n) is 1.86. The second kappa shape index (κ2) is 7.24. The zero-order valence-corrected chi connectivity index (χ0v) is 10.9. The normalized spacial score (nSPS) is 12.2. The van der Waals surface area contributed by atoms with Crippen molar-refractivity contribution in [1.82, 2.24) is 0 Å². The first-order valence-corrected chi connectivity index (χ1v) is 7.02. The average molecular weight is 309 g/mol. The van der Waals surface area contributed by atoms with Crippen LogP contribution < -0.4 is 0 Å². The Morgan fingerprint density at radius 3 is 1.71 bits per heavy atom. The Morgan fingerprint density at radius 1 is 1.36 bits per heavy atom. The Kier molecular flexibility index (Phi) is 8.97. The van der Waals surface area contributed by atoms with Gasteiger partial charge in [-0.1, -0.05) is 34.8 Å². The lowest BCUT2D eigenvalue weighted by atomic mass is 10.9. The highest BCUT2D eigenvalue weighted by Crippen LogP contribution is 2.26. The summed E-state index contributed by atoms with van der Waals surface area (Å²) >= 11 is 15.5. The van der Waals surface area contributed by atoms with E-state index in [-0.39, 0.29) is 0 Å². The van der Waals surface area contributed by atoms with Crippen LogP contribution in [0.1, 0.15) is 0 Å². The fraction of sp³-hybridized carbons (Fsp3) is 1.00. The second-order valence-corrected chi connectivity index (χ2v) is 6.59. The van der Waals surface area contributed by atoms with Gasteiger partial charge in [0.05, 0.1) is 6.26 Å². The lowest BCUT2D eigenvalue weighted by Gasteiger charge is -2.08. The fourth-order valence-electron chi connectivity index (χ4n) is 0.174. The molecule has 14 heavy (non-hydrogen) atoms. The summed E-state index contributed by atoms with van der Waals surface area (Å²) in [6.07, 6.45) is 0.878. The van der Waals surface area contributed by atoms with E-state index in [0.717, 1.165) is 6.26 Å². The molecule has 0 aromatic rings. The van der Waals surface area contributed by atoms with Gasteiger partial charge in [-0.05, 0) is 0 Å². The average Bonchev–Trinajstić information content (AvgIpc) is 1.79. The van der Waals surface area contributed by atoms with E-state index in [2.05, 4.69) is 4.18 Å². The zero-order valence-electron chi connectivity index (χ0n) is 6.78. The van der Waals surface area contributed by atoms with Gasteiger partial charge in [0, 0.05) is 0 Å². The van der Waals surface area contributed by atoms with E-state index >= 15 is 0 Å². The molecule has 0 spiro atoms. The van der Waals surface area contributed by atoms with Gasteiger partial charge in [0.2, 0.25) is 3.79 Å². The first-order valence-electron chi connectivity index (χ1n) is 2.77. The van der Waals surface area contributed by atoms with Crippen molar-refractivity contribution in [2.24, 2.45) is 0 Å². The predicted molar refractivity (Wildman–Crippen MR) is 54.5 cm³/mol. The minimum Gasteiger partial charge on any atom is -0.326 e. The van der Waals surface area contributed by atoms with Crippen molar-refractivity contribution in [2.75, 3.05) is 12.9 Å². The van der Waals surface area contributed by atoms with Crippen LogP contribution in [-0.2, 0) is 18.9 Å². The lowest BCUT2D eigenvalue weighted by molar-refractivity contribution is 0.329. The molecule has 0 aliphatic carbocycles. The highest BCUT2D eigenvalue weighted by atomic mass is 35.6. The Bertz CT molecular complexity index is 267. The molecule has 0 radical (unpaired) electrons. The van der Waals surface area contributed by atoms with Gasteiger partial charge in [0.15, 0.2) is 0 Å². The molecule has 0 rings (SSSR count). The third-order valence-corrected chi connectivity index (χ3v) is 1.31. The van der Waals surface area contributed by atoms with Crippen molar-refractivity contribution in [3.63, 3.8) is 0 Å². The smallest absolute Gasteiger partial charge is 0.314 e. The SMILES string of the molecule is CS(=O)(=O)OCC(Cl)(Cl)Cl.O=[PH](O)O. The summed E-state index contributed by atoms with van der Waals surface area (Å²) in [6.45, 7) is -0.462. The van der Waals surface area contributed by atoms with Gasteiger partial charge in [-0.15, -0.1) is 0 Å². The molecule has 0 unspecified atom stereocenters. The van der Waals surface area contributed by atoms with Crippen LogP contribution >= 0.6 is 43.1 Å². The van der Waals surface area contributed by atoms with Gasteiger partial charge in [-0.3, -0.25) is 8.75 Å². The topological polar surface area (TPSA) is 101 Å². The molecule has 0 aromatic heterocycles. The monoisotopic (exact) mass is 308 g/mol. The summed E-state index contributed by atoms with van der Waals surface area (Å²) in [7, 11) is -6.64. The maximum Gasteiger partial charge on any atom is 0.314 e. The number of hydrogen-bond donors (Lipinski definition) is 2. The standard InChI is InChI=1S/C3H5Cl3O3S.H3O3P/c1-10(7,8)9-2-3(4,5)6;1-4(2)3/h2H2,1H3;4H,(H2,1,2,3). The molecule has 0 aliphatic rings. The van der Waals surface area contributed by atoms with Crippen molar-refractivity contribution in [1.29, 1.82) is 0 Å². The summed E-state index contributed by atoms with van der Waals surface area (Å²) in [5.41, 5.74) is 0. The zero-order chi connectivity index (χ0) is 12.0. The maximum atomic E-state index is 10.3. The van der Waals surface area contributed by atoms with Crippen LogP contribution in [-0.4, -0.2) is 34.9 Å². The predicted octanol–water partition coefficient (Wildman–Crippen LogP) is 0.693. The van der Waals surface area contributed by atoms with E-state index in [4.69, 9.17) is 49.2 Å². The number of alkyl halides is 3. The third kappa shape index (κ3) is 29.3. The molecule has 11 heteroatoms. The van der Waals surface area contributed by atoms with Crippen molar-refractivity contribution < 1.29 is 27.0 Å². The van der Waals surface area contributed by atoms with Crippen molar-refractivity contribution in [2.45, 2.75) is 3.79 Å². The van der Waals surface area contributed by atoms with E-state index in [1.165, 1.54) is 0 Å². The van der Waals surface area contributed by atoms with Crippen LogP contribution in [0.2, 0.25) is 0 Å². The Hall–Kier alpha value is 0.930. The number of hydrogen-bond acceptors (Lipinski definition) is 4. The summed E-state index contributed by atoms with van der Waals surface area (Å²) in [5.74, 6) is 0. The molecule has 0 fully saturated rings. The van der Waals surface area contributed by atoms with Gasteiger partial charge in [-0.25, -0.2) is 0 Å². The summed E-state index contributed by atoms with van der Waals surface area (Å²) in [4.78, 5) is 14.3. The molecule has 0 heterocycles. The van der Waals surface area contributed by atoms with E-state index in [1.807, 2.05) is 0 Å². The van der Waals surface area contributed by atoms with Crippen molar-refractivity contribution >= 4 is 53.2 Å². The molecule has 0 bridgehead atoms. The van der Waals surface area contributed by atoms with Crippen LogP contribution in [0.4, 0.5) is 0 Å². The fourth-order valence-corrected chi connectivity index (χ4v) is 0.922. The van der Waals surface area contributed by atoms with Crippen LogP contribution in [0.5, 0.6) is 0 Å². The van der Waals surface area contributed by atoms with Gasteiger partial charge in [0.1, 0.15) is 6.61 Å². The van der Waals surface area contributed by atoms with Gasteiger partial charge in [-0.2, -0.15) is 8.42 Å². The molecule has 0 saturated heterocycles. The van der Waals surface area contributed by atoms with Gasteiger partial charge >= 0.3 is 8.25 Å². The lowest BCUT2D eigenvalue weighted by Crippen LogP contribution is -2.16. The third-order valence-electron chi connectivity index (χ3n) is 0.437. The summed E-state index contributed by atoms with van der Waals surface area (Å²) in [5, 5.41) is 0. The van der Waals surface area contributed by atoms with Crippen molar-refractivity contribution in [3.8, 4) is 0 Å². The minimum absolute atomic E-state index is 0.462. The van der Waals surface area contributed by atoms with Crippen LogP contribution in [0, 0.1) is 0 Å². The number of halogens is 3. The largest absolute Gasteiger partial charge is 0.326 e. The quantitative estimate of drug-likeness (QED) is 0.442. The first-order chi connectivity index (χ1) is 5.94. The molecule has 0 atom stereocenters. The number of rotatable bonds is 2. The molecular weight excluding hydrogens is 301 g/mol. The summed E-state index contributed by atoms with van der Waals surface area (Å²) < 4.78 is 31.8. The van der Waals surface area contributed by atoms with Gasteiger partial charge in [0.25, 0.3) is 10.1 Å². The van der Waals surface area contributed by atoms with Crippen LogP contribution in [0.25, 0.3) is 0 Å². The molecule has 6 nitrogen and oxygen atoms in total. The Morgan fingerprint density at radius 2 is 1.64 bits per heavy atom. The molecular formula is C3H8Cl3O6PS. The molecule has 0 saturated carbocycles. The van der Waals surface area contributed by atoms with E-state index in [9.17, 15) is 8.42 Å². The maximum absolute atomic E-state index is 10.3. The van der Waals surface area contributed by atoms with E-state index < -0.39 is 28.8 Å². The van der Waals surface area contributed by atoms with Gasteiger partial charge < -0.3 is 9.79 Å². The van der Waals surface area contributed by atoms with Crippen LogP contribution in [0.3, 0.4) is 0 Å². The minimum atomic E-state index is -3.51. The molecule has 0 aromatic carbocycles.